The molecule has 2 N–H and O–H groups in total. The van der Waals surface area contributed by atoms with E-state index in [0.717, 1.165) is 17.5 Å². The maximum absolute atomic E-state index is 12.4. The Balaban J connectivity index is 2.15. The second kappa shape index (κ2) is 3.69. The van der Waals surface area contributed by atoms with Crippen molar-refractivity contribution >= 4 is 21.8 Å². The van der Waals surface area contributed by atoms with Gasteiger partial charge in [-0.2, -0.15) is 0 Å². The molecule has 6 heteroatoms. The van der Waals surface area contributed by atoms with Gasteiger partial charge in [-0.3, -0.25) is 9.59 Å². The minimum atomic E-state index is -0.349. The lowest BCUT2D eigenvalue weighted by Gasteiger charge is -2.06. The number of nitrogens with two attached hydrogens (primary N) is 1. The van der Waals surface area contributed by atoms with Gasteiger partial charge in [0, 0.05) is 18.4 Å². The van der Waals surface area contributed by atoms with Crippen LogP contribution in [0.4, 0.5) is 0 Å². The molecule has 4 rings (SSSR count). The van der Waals surface area contributed by atoms with Crippen molar-refractivity contribution in [2.75, 3.05) is 5.84 Å². The molecule has 0 aliphatic heterocycles. The summed E-state index contributed by atoms with van der Waals surface area (Å²) < 4.78 is 2.72. The molecule has 0 aromatic carbocycles. The van der Waals surface area contributed by atoms with E-state index in [9.17, 15) is 9.59 Å². The molecule has 0 saturated heterocycles. The largest absolute Gasteiger partial charge is 0.336 e. The summed E-state index contributed by atoms with van der Waals surface area (Å²) in [5.41, 5.74) is 0.714. The van der Waals surface area contributed by atoms with Gasteiger partial charge in [0.1, 0.15) is 0 Å². The molecule has 1 aliphatic rings. The summed E-state index contributed by atoms with van der Waals surface area (Å²) in [6.07, 6.45) is 5.31. The third kappa shape index (κ3) is 1.48. The molecular formula is C14H12N4O2. The van der Waals surface area contributed by atoms with Crippen LogP contribution in [-0.4, -0.2) is 14.2 Å². The lowest BCUT2D eigenvalue weighted by atomic mass is 10.2. The lowest BCUT2D eigenvalue weighted by Crippen LogP contribution is -2.26. The van der Waals surface area contributed by atoms with E-state index < -0.39 is 0 Å². The summed E-state index contributed by atoms with van der Waals surface area (Å²) >= 11 is 0. The third-order valence-corrected chi connectivity index (χ3v) is 3.74. The Morgan fingerprint density at radius 3 is 2.40 bits per heavy atom. The van der Waals surface area contributed by atoms with E-state index in [-0.39, 0.29) is 11.1 Å². The zero-order valence-electron chi connectivity index (χ0n) is 10.6. The average molecular weight is 268 g/mol. The fourth-order valence-electron chi connectivity index (χ4n) is 2.49. The number of nitrogens with zero attached hydrogens (tertiary/aromatic N) is 3. The number of rotatable bonds is 1. The Morgan fingerprint density at radius 2 is 1.70 bits per heavy atom. The summed E-state index contributed by atoms with van der Waals surface area (Å²) in [6, 6.07) is 5.39. The number of aromatic nitrogens is 3. The molecule has 0 radical (unpaired) electrons. The predicted octanol–water partition coefficient (Wildman–Crippen LogP) is 0.760. The molecule has 3 aromatic heterocycles. The van der Waals surface area contributed by atoms with Crippen LogP contribution in [0.25, 0.3) is 21.8 Å². The molecule has 3 aromatic rings. The van der Waals surface area contributed by atoms with Gasteiger partial charge in [-0.05, 0) is 31.0 Å². The maximum atomic E-state index is 12.4. The standard InChI is InChI=1S/C14H12N4O2/c15-18-6-4-12-10(14(18)20)7-9-11(16-12)3-5-17(13(9)19)8-1-2-8/h3-8H,1-2,15H2. The van der Waals surface area contributed by atoms with Gasteiger partial charge in [0.15, 0.2) is 0 Å². The fraction of sp³-hybridized carbons (Fsp3) is 0.214. The molecule has 0 spiro atoms. The van der Waals surface area contributed by atoms with E-state index in [1.54, 1.807) is 22.9 Å². The Kier molecular flexibility index (Phi) is 2.07. The van der Waals surface area contributed by atoms with Crippen LogP contribution < -0.4 is 17.0 Å². The van der Waals surface area contributed by atoms with Crippen molar-refractivity contribution in [1.29, 1.82) is 0 Å². The minimum absolute atomic E-state index is 0.0915. The zero-order valence-corrected chi connectivity index (χ0v) is 10.6. The number of hydrogen-bond donors (Lipinski definition) is 1. The van der Waals surface area contributed by atoms with E-state index in [1.807, 2.05) is 6.07 Å². The summed E-state index contributed by atoms with van der Waals surface area (Å²) in [5, 5.41) is 0.836. The van der Waals surface area contributed by atoms with Crippen molar-refractivity contribution in [3.05, 3.63) is 51.3 Å². The van der Waals surface area contributed by atoms with Crippen molar-refractivity contribution in [3.8, 4) is 0 Å². The van der Waals surface area contributed by atoms with Crippen LogP contribution in [-0.2, 0) is 0 Å². The lowest BCUT2D eigenvalue weighted by molar-refractivity contribution is 0.714. The molecule has 0 atom stereocenters. The minimum Gasteiger partial charge on any atom is -0.336 e. The molecule has 1 fully saturated rings. The molecule has 0 bridgehead atoms. The van der Waals surface area contributed by atoms with Crippen LogP contribution in [0.5, 0.6) is 0 Å². The van der Waals surface area contributed by atoms with Gasteiger partial charge in [0.05, 0.1) is 21.8 Å². The first kappa shape index (κ1) is 11.2. The first-order valence-corrected chi connectivity index (χ1v) is 6.47. The molecule has 0 amide bonds. The zero-order chi connectivity index (χ0) is 13.9. The third-order valence-electron chi connectivity index (χ3n) is 3.74. The SMILES string of the molecule is Nn1ccc2nc3ccn(C4CC4)c(=O)c3cc2c1=O. The van der Waals surface area contributed by atoms with E-state index >= 15 is 0 Å². The van der Waals surface area contributed by atoms with Crippen molar-refractivity contribution in [2.45, 2.75) is 18.9 Å². The predicted molar refractivity (Wildman–Crippen MR) is 76.2 cm³/mol. The molecule has 1 aliphatic carbocycles. The van der Waals surface area contributed by atoms with E-state index in [2.05, 4.69) is 4.98 Å². The summed E-state index contributed by atoms with van der Waals surface area (Å²) in [4.78, 5) is 28.8. The Labute approximate surface area is 113 Å². The van der Waals surface area contributed by atoms with Crippen molar-refractivity contribution < 1.29 is 0 Å². The van der Waals surface area contributed by atoms with Gasteiger partial charge < -0.3 is 10.4 Å². The van der Waals surface area contributed by atoms with Crippen LogP contribution in [0.15, 0.2) is 40.2 Å². The smallest absolute Gasteiger partial charge is 0.278 e. The highest BCUT2D eigenvalue weighted by Crippen LogP contribution is 2.33. The topological polar surface area (TPSA) is 82.9 Å². The Hall–Kier alpha value is -2.63. The number of hydrogen-bond acceptors (Lipinski definition) is 4. The van der Waals surface area contributed by atoms with Crippen LogP contribution in [0.2, 0.25) is 0 Å². The van der Waals surface area contributed by atoms with E-state index in [1.165, 1.54) is 6.20 Å². The molecule has 20 heavy (non-hydrogen) atoms. The van der Waals surface area contributed by atoms with Crippen molar-refractivity contribution in [2.24, 2.45) is 0 Å². The fourth-order valence-corrected chi connectivity index (χ4v) is 2.49. The monoisotopic (exact) mass is 268 g/mol. The van der Waals surface area contributed by atoms with Gasteiger partial charge in [0.25, 0.3) is 11.1 Å². The first-order chi connectivity index (χ1) is 9.65. The van der Waals surface area contributed by atoms with Gasteiger partial charge >= 0.3 is 0 Å². The Bertz CT molecular complexity index is 966. The number of nitrogen functional groups attached to an aromatic ring is 1. The van der Waals surface area contributed by atoms with Gasteiger partial charge in [0.2, 0.25) is 0 Å². The highest BCUT2D eigenvalue weighted by atomic mass is 16.1. The summed E-state index contributed by atoms with van der Waals surface area (Å²) in [7, 11) is 0. The molecule has 0 unspecified atom stereocenters. The first-order valence-electron chi connectivity index (χ1n) is 6.47. The van der Waals surface area contributed by atoms with Gasteiger partial charge in [-0.15, -0.1) is 0 Å². The molecule has 3 heterocycles. The van der Waals surface area contributed by atoms with Crippen LogP contribution >= 0.6 is 0 Å². The summed E-state index contributed by atoms with van der Waals surface area (Å²) in [6.45, 7) is 0. The second-order valence-corrected chi connectivity index (χ2v) is 5.14. The van der Waals surface area contributed by atoms with Crippen molar-refractivity contribution in [3.63, 3.8) is 0 Å². The van der Waals surface area contributed by atoms with Crippen LogP contribution in [0.3, 0.4) is 0 Å². The number of fused-ring (bicyclic) bond motifs is 2. The number of pyridine rings is 3. The average Bonchev–Trinajstić information content (AvgIpc) is 3.27. The molecule has 6 nitrogen and oxygen atoms in total. The van der Waals surface area contributed by atoms with Gasteiger partial charge in [-0.1, -0.05) is 0 Å². The van der Waals surface area contributed by atoms with Crippen LogP contribution in [0, 0.1) is 0 Å². The molecule has 100 valence electrons. The molecule has 1 saturated carbocycles. The quantitative estimate of drug-likeness (QED) is 0.521. The van der Waals surface area contributed by atoms with E-state index in [0.29, 0.717) is 27.8 Å². The normalized spacial score (nSPS) is 15.0. The highest BCUT2D eigenvalue weighted by molar-refractivity contribution is 5.91. The maximum Gasteiger partial charge on any atom is 0.278 e. The Morgan fingerprint density at radius 1 is 1.05 bits per heavy atom. The van der Waals surface area contributed by atoms with Crippen molar-refractivity contribution in [1.82, 2.24) is 14.2 Å². The highest BCUT2D eigenvalue weighted by Gasteiger charge is 2.25. The van der Waals surface area contributed by atoms with E-state index in [4.69, 9.17) is 5.84 Å². The van der Waals surface area contributed by atoms with Crippen LogP contribution in [0.1, 0.15) is 18.9 Å². The summed E-state index contributed by atoms with van der Waals surface area (Å²) in [5.74, 6) is 5.55. The molecular weight excluding hydrogens is 256 g/mol. The van der Waals surface area contributed by atoms with Gasteiger partial charge in [-0.25, -0.2) is 9.66 Å². The second-order valence-electron chi connectivity index (χ2n) is 5.14.